The molecule has 0 aliphatic heterocycles. The van der Waals surface area contributed by atoms with Gasteiger partial charge in [-0.1, -0.05) is 0 Å². The van der Waals surface area contributed by atoms with Gasteiger partial charge >= 0.3 is 6.36 Å². The number of fused-ring (bicyclic) bond motifs is 1. The van der Waals surface area contributed by atoms with E-state index < -0.39 is 6.36 Å². The highest BCUT2D eigenvalue weighted by molar-refractivity contribution is 5.70. The highest BCUT2D eigenvalue weighted by Crippen LogP contribution is 2.27. The number of hydrogen-bond acceptors (Lipinski definition) is 5. The van der Waals surface area contributed by atoms with Crippen LogP contribution in [0.4, 0.5) is 19.0 Å². The highest BCUT2D eigenvalue weighted by atomic mass is 19.4. The third-order valence-corrected chi connectivity index (χ3v) is 3.63. The number of hydrogen-bond donors (Lipinski definition) is 1. The van der Waals surface area contributed by atoms with Gasteiger partial charge in [0.05, 0.1) is 11.9 Å². The van der Waals surface area contributed by atoms with Crippen LogP contribution < -0.4 is 10.1 Å². The minimum absolute atomic E-state index is 0.266. The largest absolute Gasteiger partial charge is 0.573 e. The fraction of sp³-hybridized carbons (Fsp3) is 0.294. The Morgan fingerprint density at radius 3 is 2.62 bits per heavy atom. The zero-order valence-corrected chi connectivity index (χ0v) is 14.0. The van der Waals surface area contributed by atoms with Crippen molar-refractivity contribution in [2.24, 2.45) is 0 Å². The van der Waals surface area contributed by atoms with Crippen molar-refractivity contribution in [3.05, 3.63) is 42.9 Å². The van der Waals surface area contributed by atoms with Gasteiger partial charge in [0.1, 0.15) is 5.75 Å². The number of methoxy groups -OCH3 is 1. The molecule has 3 aromatic rings. The number of halogens is 3. The number of ether oxygens (including phenoxy) is 2. The van der Waals surface area contributed by atoms with Crippen LogP contribution in [-0.4, -0.2) is 41.0 Å². The lowest BCUT2D eigenvalue weighted by atomic mass is 10.1. The first-order chi connectivity index (χ1) is 12.5. The van der Waals surface area contributed by atoms with Crippen LogP contribution in [0.25, 0.3) is 16.9 Å². The van der Waals surface area contributed by atoms with Crippen LogP contribution in [0.15, 0.2) is 42.9 Å². The second-order valence-electron chi connectivity index (χ2n) is 5.46. The van der Waals surface area contributed by atoms with Crippen molar-refractivity contribution < 1.29 is 22.6 Å². The Balaban J connectivity index is 1.82. The van der Waals surface area contributed by atoms with Gasteiger partial charge < -0.3 is 14.8 Å². The average Bonchev–Trinajstić information content (AvgIpc) is 3.03. The summed E-state index contributed by atoms with van der Waals surface area (Å²) in [4.78, 5) is 8.66. The molecular weight excluding hydrogens is 349 g/mol. The van der Waals surface area contributed by atoms with Crippen LogP contribution >= 0.6 is 0 Å². The Morgan fingerprint density at radius 1 is 1.15 bits per heavy atom. The summed E-state index contributed by atoms with van der Waals surface area (Å²) in [5, 5.41) is 3.20. The molecule has 0 saturated heterocycles. The van der Waals surface area contributed by atoms with E-state index in [1.54, 1.807) is 37.8 Å². The maximum atomic E-state index is 12.3. The topological polar surface area (TPSA) is 60.7 Å². The highest BCUT2D eigenvalue weighted by Gasteiger charge is 2.31. The molecule has 9 heteroatoms. The zero-order valence-electron chi connectivity index (χ0n) is 14.0. The van der Waals surface area contributed by atoms with Crippen LogP contribution in [-0.2, 0) is 4.74 Å². The molecule has 26 heavy (non-hydrogen) atoms. The number of benzene rings is 1. The van der Waals surface area contributed by atoms with E-state index in [2.05, 4.69) is 20.0 Å². The number of nitrogens with one attached hydrogen (secondary N) is 1. The van der Waals surface area contributed by atoms with Crippen molar-refractivity contribution in [1.82, 2.24) is 14.4 Å². The molecule has 0 fully saturated rings. The summed E-state index contributed by atoms with van der Waals surface area (Å²) in [6.07, 6.45) is 1.15. The van der Waals surface area contributed by atoms with Crippen LogP contribution in [0, 0.1) is 0 Å². The maximum Gasteiger partial charge on any atom is 0.573 e. The third-order valence-electron chi connectivity index (χ3n) is 3.63. The summed E-state index contributed by atoms with van der Waals surface area (Å²) < 4.78 is 47.5. The molecule has 0 saturated carbocycles. The number of nitrogens with zero attached hydrogens (tertiary/aromatic N) is 3. The van der Waals surface area contributed by atoms with E-state index in [1.165, 1.54) is 12.1 Å². The first-order valence-corrected chi connectivity index (χ1v) is 7.89. The van der Waals surface area contributed by atoms with Gasteiger partial charge in [-0.15, -0.1) is 13.2 Å². The van der Waals surface area contributed by atoms with Gasteiger partial charge in [0.25, 0.3) is 0 Å². The second-order valence-corrected chi connectivity index (χ2v) is 5.46. The number of aromatic nitrogens is 3. The summed E-state index contributed by atoms with van der Waals surface area (Å²) in [5.74, 6) is 0.365. The van der Waals surface area contributed by atoms with Crippen LogP contribution in [0.2, 0.25) is 0 Å². The van der Waals surface area contributed by atoms with Crippen LogP contribution in [0.5, 0.6) is 5.75 Å². The molecular formula is C17H17F3N4O2. The van der Waals surface area contributed by atoms with Crippen molar-refractivity contribution >= 4 is 11.5 Å². The van der Waals surface area contributed by atoms with E-state index in [4.69, 9.17) is 4.74 Å². The molecule has 0 amide bonds. The van der Waals surface area contributed by atoms with Gasteiger partial charge in [-0.3, -0.25) is 4.40 Å². The molecule has 0 spiro atoms. The fourth-order valence-electron chi connectivity index (χ4n) is 2.51. The third kappa shape index (κ3) is 4.23. The molecule has 2 heterocycles. The Kier molecular flexibility index (Phi) is 5.27. The molecule has 2 aromatic heterocycles. The summed E-state index contributed by atoms with van der Waals surface area (Å²) in [6, 6.07) is 5.65. The predicted octanol–water partition coefficient (Wildman–Crippen LogP) is 3.74. The van der Waals surface area contributed by atoms with Gasteiger partial charge in [0.15, 0.2) is 11.5 Å². The van der Waals surface area contributed by atoms with Crippen molar-refractivity contribution in [1.29, 1.82) is 0 Å². The fourth-order valence-corrected chi connectivity index (χ4v) is 2.51. The SMILES string of the molecule is COCCCNc1nccn2c(-c3ccc(OC(F)(F)F)cc3)cnc12. The number of alkyl halides is 3. The smallest absolute Gasteiger partial charge is 0.406 e. The van der Waals surface area contributed by atoms with Crippen LogP contribution in [0.1, 0.15) is 6.42 Å². The van der Waals surface area contributed by atoms with Crippen molar-refractivity contribution in [2.45, 2.75) is 12.8 Å². The number of anilines is 1. The molecule has 0 bridgehead atoms. The van der Waals surface area contributed by atoms with Gasteiger partial charge in [0.2, 0.25) is 0 Å². The monoisotopic (exact) mass is 366 g/mol. The van der Waals surface area contributed by atoms with E-state index in [-0.39, 0.29) is 5.75 Å². The standard InChI is InChI=1S/C17H17F3N4O2/c1-25-10-2-7-21-15-16-23-11-14(24(16)9-8-22-15)12-3-5-13(6-4-12)26-17(18,19)20/h3-6,8-9,11H,2,7,10H2,1H3,(H,21,22). The Bertz CT molecular complexity index is 863. The molecule has 138 valence electrons. The molecule has 0 aliphatic carbocycles. The molecule has 0 atom stereocenters. The molecule has 6 nitrogen and oxygen atoms in total. The lowest BCUT2D eigenvalue weighted by Gasteiger charge is -2.10. The average molecular weight is 366 g/mol. The first-order valence-electron chi connectivity index (χ1n) is 7.89. The molecule has 0 radical (unpaired) electrons. The van der Waals surface area contributed by atoms with Gasteiger partial charge in [-0.25, -0.2) is 9.97 Å². The molecule has 0 aliphatic rings. The zero-order chi connectivity index (χ0) is 18.6. The van der Waals surface area contributed by atoms with E-state index in [0.29, 0.717) is 30.2 Å². The summed E-state index contributed by atoms with van der Waals surface area (Å²) in [5.41, 5.74) is 2.08. The van der Waals surface area contributed by atoms with Crippen molar-refractivity contribution in [3.8, 4) is 17.0 Å². The quantitative estimate of drug-likeness (QED) is 0.646. The number of rotatable bonds is 7. The lowest BCUT2D eigenvalue weighted by Crippen LogP contribution is -2.16. The molecule has 1 aromatic carbocycles. The number of imidazole rings is 1. The van der Waals surface area contributed by atoms with Gasteiger partial charge in [0, 0.05) is 38.2 Å². The van der Waals surface area contributed by atoms with E-state index in [9.17, 15) is 13.2 Å². The summed E-state index contributed by atoms with van der Waals surface area (Å²) in [7, 11) is 1.64. The van der Waals surface area contributed by atoms with Crippen molar-refractivity contribution in [2.75, 3.05) is 25.6 Å². The Labute approximate surface area is 147 Å². The maximum absolute atomic E-state index is 12.3. The van der Waals surface area contributed by atoms with E-state index >= 15 is 0 Å². The molecule has 0 unspecified atom stereocenters. The normalized spacial score (nSPS) is 11.7. The Morgan fingerprint density at radius 2 is 1.92 bits per heavy atom. The van der Waals surface area contributed by atoms with Gasteiger partial charge in [-0.05, 0) is 30.7 Å². The second kappa shape index (κ2) is 7.61. The summed E-state index contributed by atoms with van der Waals surface area (Å²) in [6.45, 7) is 1.33. The predicted molar refractivity (Wildman–Crippen MR) is 90.1 cm³/mol. The molecule has 1 N–H and O–H groups in total. The summed E-state index contributed by atoms with van der Waals surface area (Å²) >= 11 is 0. The van der Waals surface area contributed by atoms with E-state index in [0.717, 1.165) is 12.1 Å². The van der Waals surface area contributed by atoms with Crippen LogP contribution in [0.3, 0.4) is 0 Å². The lowest BCUT2D eigenvalue weighted by molar-refractivity contribution is -0.274. The van der Waals surface area contributed by atoms with Crippen molar-refractivity contribution in [3.63, 3.8) is 0 Å². The van der Waals surface area contributed by atoms with E-state index in [1.807, 2.05) is 4.40 Å². The first kappa shape index (κ1) is 18.0. The minimum atomic E-state index is -4.71. The Hall–Kier alpha value is -2.81. The minimum Gasteiger partial charge on any atom is -0.406 e. The molecule has 3 rings (SSSR count). The van der Waals surface area contributed by atoms with Gasteiger partial charge in [-0.2, -0.15) is 0 Å².